The third-order valence-corrected chi connectivity index (χ3v) is 13.8. The van der Waals surface area contributed by atoms with E-state index in [4.69, 9.17) is 14.3 Å². The molecule has 2 aliphatic rings. The van der Waals surface area contributed by atoms with Crippen molar-refractivity contribution >= 4 is 29.9 Å². The lowest BCUT2D eigenvalue weighted by Crippen LogP contribution is -2.59. The molecule has 4 amide bonds. The molecule has 2 heterocycles. The first-order valence-electron chi connectivity index (χ1n) is 22.7. The zero-order valence-corrected chi connectivity index (χ0v) is 39.2. The van der Waals surface area contributed by atoms with E-state index in [1.54, 1.807) is 35.1 Å². The van der Waals surface area contributed by atoms with Gasteiger partial charge in [-0.25, -0.2) is 5.06 Å². The van der Waals surface area contributed by atoms with Gasteiger partial charge in [0.15, 0.2) is 0 Å². The van der Waals surface area contributed by atoms with Crippen molar-refractivity contribution in [3.8, 4) is 0 Å². The van der Waals surface area contributed by atoms with E-state index < -0.39 is 29.6 Å². The summed E-state index contributed by atoms with van der Waals surface area (Å²) in [5, 5.41) is 10.5. The number of rotatable bonds is 25. The first-order valence-corrected chi connectivity index (χ1v) is 22.7. The Balaban J connectivity index is 1.76. The monoisotopic (exact) mass is 854 g/mol. The number of nitrogens with zero attached hydrogens (tertiary/aromatic N) is 2. The number of aldehydes is 1. The van der Waals surface area contributed by atoms with E-state index >= 15 is 0 Å². The third-order valence-electron chi connectivity index (χ3n) is 13.8. The van der Waals surface area contributed by atoms with E-state index in [9.17, 15) is 24.0 Å². The van der Waals surface area contributed by atoms with Crippen LogP contribution in [-0.2, 0) is 44.7 Å². The molecule has 0 aliphatic carbocycles. The molecule has 2 aliphatic heterocycles. The fourth-order valence-corrected chi connectivity index (χ4v) is 9.28. The standard InChI is InChI=1S/C48H79N5O8/c1-13-33(6)38(26-34(7)35(8)29-48(30-54,32(4)5)51-46(57)43(49-10)31(2)3)41(59-11)28-42(55)52-23-19-22-40(52)44(60-12)36(9)45(56)50-39(27-37-20-15-14-16-21-37)47(58)53-24-17-18-25-61-53/h14-16,20-21,30,32-36,38-41,43-44,49H,2,13,17-19,22-29H2,1,3-12H3,(H,50,56)(H,51,57). The van der Waals surface area contributed by atoms with Crippen molar-refractivity contribution in [2.45, 2.75) is 149 Å². The molecule has 0 bridgehead atoms. The van der Waals surface area contributed by atoms with Crippen LogP contribution in [0.1, 0.15) is 112 Å². The van der Waals surface area contributed by atoms with Gasteiger partial charge in [-0.15, -0.1) is 0 Å². The summed E-state index contributed by atoms with van der Waals surface area (Å²) >= 11 is 0. The van der Waals surface area contributed by atoms with Crippen molar-refractivity contribution in [1.82, 2.24) is 25.9 Å². The Hall–Kier alpha value is -3.65. The molecular formula is C48H79N5O8. The van der Waals surface area contributed by atoms with Crippen LogP contribution in [0.5, 0.6) is 0 Å². The summed E-state index contributed by atoms with van der Waals surface area (Å²) in [7, 11) is 4.95. The third kappa shape index (κ3) is 13.9. The zero-order chi connectivity index (χ0) is 45.4. The second-order valence-electron chi connectivity index (χ2n) is 18.3. The van der Waals surface area contributed by atoms with Crippen LogP contribution >= 0.6 is 0 Å². The van der Waals surface area contributed by atoms with Crippen molar-refractivity contribution in [3.05, 3.63) is 48.0 Å². The maximum atomic E-state index is 14.4. The molecule has 0 saturated carbocycles. The molecule has 13 nitrogen and oxygen atoms in total. The maximum absolute atomic E-state index is 14.4. The number of hydroxylamine groups is 2. The lowest BCUT2D eigenvalue weighted by atomic mass is 9.72. The Morgan fingerprint density at radius 3 is 2.18 bits per heavy atom. The Labute approximate surface area is 366 Å². The van der Waals surface area contributed by atoms with Crippen LogP contribution in [0.3, 0.4) is 0 Å². The summed E-state index contributed by atoms with van der Waals surface area (Å²) in [6, 6.07) is 7.84. The highest BCUT2D eigenvalue weighted by molar-refractivity contribution is 5.89. The highest BCUT2D eigenvalue weighted by atomic mass is 16.7. The summed E-state index contributed by atoms with van der Waals surface area (Å²) in [6.07, 6.45) is 5.71. The molecule has 0 spiro atoms. The quantitative estimate of drug-likeness (QED) is 0.0806. The van der Waals surface area contributed by atoms with Crippen molar-refractivity contribution in [2.75, 3.05) is 41.0 Å². The lowest BCUT2D eigenvalue weighted by molar-refractivity contribution is -0.199. The second-order valence-corrected chi connectivity index (χ2v) is 18.3. The number of nitrogens with one attached hydrogen (secondary N) is 3. The Morgan fingerprint density at radius 1 is 0.951 bits per heavy atom. The molecular weight excluding hydrogens is 775 g/mol. The number of ether oxygens (including phenoxy) is 2. The highest BCUT2D eigenvalue weighted by Crippen LogP contribution is 2.37. The number of benzene rings is 1. The van der Waals surface area contributed by atoms with Gasteiger partial charge in [-0.2, -0.15) is 0 Å². The van der Waals surface area contributed by atoms with Gasteiger partial charge in [-0.05, 0) is 87.6 Å². The largest absolute Gasteiger partial charge is 0.381 e. The van der Waals surface area contributed by atoms with Gasteiger partial charge < -0.3 is 35.1 Å². The molecule has 3 rings (SSSR count). The van der Waals surface area contributed by atoms with Crippen LogP contribution in [-0.4, -0.2) is 117 Å². The van der Waals surface area contributed by atoms with Gasteiger partial charge in [-0.1, -0.05) is 97.4 Å². The fourth-order valence-electron chi connectivity index (χ4n) is 9.28. The van der Waals surface area contributed by atoms with Gasteiger partial charge in [0, 0.05) is 33.7 Å². The van der Waals surface area contributed by atoms with Crippen LogP contribution in [0, 0.1) is 35.5 Å². The zero-order valence-electron chi connectivity index (χ0n) is 39.2. The van der Waals surface area contributed by atoms with E-state index in [1.165, 1.54) is 5.06 Å². The van der Waals surface area contributed by atoms with E-state index in [-0.39, 0.29) is 71.8 Å². The van der Waals surface area contributed by atoms with Crippen molar-refractivity contribution in [2.24, 2.45) is 35.5 Å². The van der Waals surface area contributed by atoms with Crippen LogP contribution in [0.15, 0.2) is 42.5 Å². The molecule has 3 N–H and O–H groups in total. The van der Waals surface area contributed by atoms with Gasteiger partial charge >= 0.3 is 0 Å². The van der Waals surface area contributed by atoms with Gasteiger partial charge in [0.25, 0.3) is 5.91 Å². The van der Waals surface area contributed by atoms with Gasteiger partial charge in [-0.3, -0.25) is 24.0 Å². The average molecular weight is 854 g/mol. The van der Waals surface area contributed by atoms with E-state index in [1.807, 2.05) is 49.1 Å². The molecule has 11 unspecified atom stereocenters. The molecule has 1 aromatic carbocycles. The molecule has 1 aromatic rings. The number of likely N-dealkylation sites (N-methyl/N-ethyl adjacent to an activating group) is 1. The number of carbonyl (C=O) groups is 5. The fraction of sp³-hybridized carbons (Fsp3) is 0.729. The van der Waals surface area contributed by atoms with Crippen molar-refractivity contribution < 1.29 is 38.3 Å². The summed E-state index contributed by atoms with van der Waals surface area (Å²) in [6.45, 7) is 21.6. The molecule has 2 fully saturated rings. The highest BCUT2D eigenvalue weighted by Gasteiger charge is 2.43. The number of hydrogen-bond acceptors (Lipinski definition) is 9. The summed E-state index contributed by atoms with van der Waals surface area (Å²) < 4.78 is 12.2. The first kappa shape index (κ1) is 51.7. The van der Waals surface area contributed by atoms with Crippen LogP contribution < -0.4 is 16.0 Å². The normalized spacial score (nSPS) is 21.2. The molecule has 11 atom stereocenters. The molecule has 2 saturated heterocycles. The van der Waals surface area contributed by atoms with E-state index in [2.05, 4.69) is 50.2 Å². The topological polar surface area (TPSA) is 156 Å². The second kappa shape index (κ2) is 24.8. The van der Waals surface area contributed by atoms with E-state index in [0.717, 1.165) is 44.0 Å². The summed E-state index contributed by atoms with van der Waals surface area (Å²) in [5.74, 6) is -1.25. The van der Waals surface area contributed by atoms with Gasteiger partial charge in [0.2, 0.25) is 17.7 Å². The van der Waals surface area contributed by atoms with Gasteiger partial charge in [0.05, 0.1) is 42.7 Å². The molecule has 13 heteroatoms. The minimum Gasteiger partial charge on any atom is -0.381 e. The number of carbonyl (C=O) groups excluding carboxylic acids is 5. The minimum absolute atomic E-state index is 0.0414. The van der Waals surface area contributed by atoms with Crippen molar-refractivity contribution in [1.29, 1.82) is 0 Å². The van der Waals surface area contributed by atoms with Crippen LogP contribution in [0.25, 0.3) is 0 Å². The Kier molecular flexibility index (Phi) is 21.1. The van der Waals surface area contributed by atoms with E-state index in [0.29, 0.717) is 44.5 Å². The number of hydrogen-bond donors (Lipinski definition) is 3. The lowest BCUT2D eigenvalue weighted by Gasteiger charge is -2.40. The first-order chi connectivity index (χ1) is 29.0. The average Bonchev–Trinajstić information content (AvgIpc) is 3.74. The summed E-state index contributed by atoms with van der Waals surface area (Å²) in [4.78, 5) is 75.8. The minimum atomic E-state index is -1.06. The predicted molar refractivity (Wildman–Crippen MR) is 239 cm³/mol. The molecule has 0 aromatic heterocycles. The smallest absolute Gasteiger partial charge is 0.269 e. The number of methoxy groups -OCH3 is 2. The Morgan fingerprint density at radius 2 is 1.64 bits per heavy atom. The maximum Gasteiger partial charge on any atom is 0.269 e. The number of amides is 4. The molecule has 344 valence electrons. The summed E-state index contributed by atoms with van der Waals surface area (Å²) in [5.41, 5.74) is 0.526. The van der Waals surface area contributed by atoms with Gasteiger partial charge in [0.1, 0.15) is 18.4 Å². The Bertz CT molecular complexity index is 1570. The predicted octanol–water partition coefficient (Wildman–Crippen LogP) is 5.90. The SMILES string of the molecule is C=C(C)C(NC)C(=O)NC(C=O)(CC(C)C(C)CC(C(C)CC)C(CC(=O)N1CCCC1C(OC)C(C)C(=O)NC(Cc1ccccc1)C(=O)N1CCCCO1)OC)C(C)C. The van der Waals surface area contributed by atoms with Crippen molar-refractivity contribution in [3.63, 3.8) is 0 Å². The number of likely N-dealkylation sites (tertiary alicyclic amines) is 1. The molecule has 61 heavy (non-hydrogen) atoms. The van der Waals surface area contributed by atoms with Crippen LogP contribution in [0.4, 0.5) is 0 Å². The van der Waals surface area contributed by atoms with Crippen LogP contribution in [0.2, 0.25) is 0 Å². The molecule has 0 radical (unpaired) electrons.